The van der Waals surface area contributed by atoms with Crippen LogP contribution in [0.15, 0.2) is 42.5 Å². The fourth-order valence-corrected chi connectivity index (χ4v) is 3.11. The van der Waals surface area contributed by atoms with E-state index in [0.29, 0.717) is 5.11 Å². The van der Waals surface area contributed by atoms with E-state index in [2.05, 4.69) is 65.8 Å². The van der Waals surface area contributed by atoms with Crippen LogP contribution in [-0.4, -0.2) is 31.4 Å². The highest BCUT2D eigenvalue weighted by Crippen LogP contribution is 2.26. The van der Waals surface area contributed by atoms with Crippen LogP contribution >= 0.6 is 12.2 Å². The van der Waals surface area contributed by atoms with Gasteiger partial charge in [0.05, 0.1) is 24.6 Å². The van der Waals surface area contributed by atoms with Gasteiger partial charge in [0.25, 0.3) is 0 Å². The quantitative estimate of drug-likeness (QED) is 0.827. The van der Waals surface area contributed by atoms with E-state index in [-0.39, 0.29) is 0 Å². The first kappa shape index (κ1) is 16.7. The number of hydrogen-bond donors (Lipinski definition) is 2. The Morgan fingerprint density at radius 2 is 1.71 bits per heavy atom. The van der Waals surface area contributed by atoms with Gasteiger partial charge in [-0.1, -0.05) is 29.8 Å². The van der Waals surface area contributed by atoms with Gasteiger partial charge in [0, 0.05) is 18.8 Å². The number of hydrogen-bond acceptors (Lipinski definition) is 3. The van der Waals surface area contributed by atoms with Crippen LogP contribution in [-0.2, 0) is 4.74 Å². The number of ether oxygens (including phenoxy) is 1. The smallest absolute Gasteiger partial charge is 0.175 e. The minimum absolute atomic E-state index is 0.600. The molecule has 2 aromatic carbocycles. The molecular weight excluding hydrogens is 318 g/mol. The zero-order valence-electron chi connectivity index (χ0n) is 14.1. The lowest BCUT2D eigenvalue weighted by molar-refractivity contribution is 0.123. The molecule has 0 unspecified atom stereocenters. The van der Waals surface area contributed by atoms with Crippen LogP contribution in [0.5, 0.6) is 0 Å². The maximum atomic E-state index is 5.51. The molecule has 2 N–H and O–H groups in total. The van der Waals surface area contributed by atoms with Gasteiger partial charge >= 0.3 is 0 Å². The van der Waals surface area contributed by atoms with Crippen molar-refractivity contribution in [3.8, 4) is 0 Å². The molecule has 126 valence electrons. The van der Waals surface area contributed by atoms with E-state index in [1.165, 1.54) is 11.1 Å². The lowest BCUT2D eigenvalue weighted by Gasteiger charge is -2.30. The molecule has 1 saturated heterocycles. The number of benzene rings is 2. The number of anilines is 3. The van der Waals surface area contributed by atoms with E-state index in [1.807, 2.05) is 6.07 Å². The molecule has 0 amide bonds. The summed E-state index contributed by atoms with van der Waals surface area (Å²) in [7, 11) is 0. The van der Waals surface area contributed by atoms with Gasteiger partial charge < -0.3 is 20.3 Å². The lowest BCUT2D eigenvalue weighted by Crippen LogP contribution is -2.36. The summed E-state index contributed by atoms with van der Waals surface area (Å²) in [4.78, 5) is 2.32. The van der Waals surface area contributed by atoms with Crippen molar-refractivity contribution in [1.82, 2.24) is 0 Å². The van der Waals surface area contributed by atoms with Crippen LogP contribution < -0.4 is 15.5 Å². The summed E-state index contributed by atoms with van der Waals surface area (Å²) < 4.78 is 5.44. The van der Waals surface area contributed by atoms with E-state index in [9.17, 15) is 0 Å². The van der Waals surface area contributed by atoms with Crippen molar-refractivity contribution in [2.75, 3.05) is 41.8 Å². The Morgan fingerprint density at radius 3 is 2.46 bits per heavy atom. The van der Waals surface area contributed by atoms with Gasteiger partial charge in [-0.05, 0) is 49.8 Å². The number of nitrogens with one attached hydrogen (secondary N) is 2. The van der Waals surface area contributed by atoms with Crippen molar-refractivity contribution in [3.05, 3.63) is 53.6 Å². The molecule has 0 atom stereocenters. The molecule has 3 rings (SSSR count). The van der Waals surface area contributed by atoms with Crippen molar-refractivity contribution in [3.63, 3.8) is 0 Å². The molecule has 0 saturated carbocycles. The van der Waals surface area contributed by atoms with Crippen LogP contribution in [0.4, 0.5) is 17.1 Å². The molecule has 0 aromatic heterocycles. The van der Waals surface area contributed by atoms with Crippen LogP contribution in [0.2, 0.25) is 0 Å². The Bertz CT molecular complexity index is 726. The molecule has 5 heteroatoms. The Hall–Kier alpha value is -2.11. The molecule has 4 nitrogen and oxygen atoms in total. The first-order valence-electron chi connectivity index (χ1n) is 8.20. The molecule has 0 radical (unpaired) electrons. The maximum Gasteiger partial charge on any atom is 0.175 e. The fraction of sp³-hybridized carbons (Fsp3) is 0.316. The molecule has 0 aliphatic carbocycles. The number of nitrogens with zero attached hydrogens (tertiary/aromatic N) is 1. The lowest BCUT2D eigenvalue weighted by atomic mass is 10.1. The van der Waals surface area contributed by atoms with Crippen molar-refractivity contribution in [2.45, 2.75) is 13.8 Å². The summed E-state index contributed by atoms with van der Waals surface area (Å²) in [5.41, 5.74) is 5.63. The van der Waals surface area contributed by atoms with E-state index in [4.69, 9.17) is 17.0 Å². The summed E-state index contributed by atoms with van der Waals surface area (Å²) >= 11 is 5.51. The standard InChI is InChI=1S/C19H23N3OS/c1-14-7-8-16(15(2)13-14)20-19(24)21-17-5-3-4-6-18(17)22-9-11-23-12-10-22/h3-8,13H,9-12H2,1-2H3,(H2,20,21,24). The molecule has 1 heterocycles. The predicted molar refractivity (Wildman–Crippen MR) is 105 cm³/mol. The highest BCUT2D eigenvalue weighted by Gasteiger charge is 2.15. The number of para-hydroxylation sites is 2. The van der Waals surface area contributed by atoms with E-state index in [1.54, 1.807) is 0 Å². The van der Waals surface area contributed by atoms with Gasteiger partial charge in [0.15, 0.2) is 5.11 Å². The molecule has 0 spiro atoms. The van der Waals surface area contributed by atoms with Crippen LogP contribution in [0.25, 0.3) is 0 Å². The number of rotatable bonds is 3. The second-order valence-corrected chi connectivity index (χ2v) is 6.42. The topological polar surface area (TPSA) is 36.5 Å². The zero-order chi connectivity index (χ0) is 16.9. The minimum Gasteiger partial charge on any atom is -0.378 e. The van der Waals surface area contributed by atoms with E-state index in [0.717, 1.165) is 43.4 Å². The predicted octanol–water partition coefficient (Wildman–Crippen LogP) is 3.95. The third-order valence-electron chi connectivity index (χ3n) is 4.13. The van der Waals surface area contributed by atoms with Crippen molar-refractivity contribution in [1.29, 1.82) is 0 Å². The molecule has 1 fully saturated rings. The second-order valence-electron chi connectivity index (χ2n) is 6.01. The van der Waals surface area contributed by atoms with Crippen LogP contribution in [0, 0.1) is 13.8 Å². The first-order chi connectivity index (χ1) is 11.6. The normalized spacial score (nSPS) is 14.3. The summed E-state index contributed by atoms with van der Waals surface area (Å²) in [6.07, 6.45) is 0. The third kappa shape index (κ3) is 4.04. The number of morpholine rings is 1. The average molecular weight is 341 g/mol. The van der Waals surface area contributed by atoms with Crippen LogP contribution in [0.3, 0.4) is 0 Å². The Balaban J connectivity index is 1.72. The van der Waals surface area contributed by atoms with E-state index < -0.39 is 0 Å². The highest BCUT2D eigenvalue weighted by molar-refractivity contribution is 7.80. The SMILES string of the molecule is Cc1ccc(NC(=S)Nc2ccccc2N2CCOCC2)c(C)c1. The average Bonchev–Trinajstić information content (AvgIpc) is 2.59. The van der Waals surface area contributed by atoms with Gasteiger partial charge in [-0.3, -0.25) is 0 Å². The molecular formula is C19H23N3OS. The van der Waals surface area contributed by atoms with Gasteiger partial charge in [-0.25, -0.2) is 0 Å². The molecule has 1 aliphatic heterocycles. The van der Waals surface area contributed by atoms with Crippen molar-refractivity contribution in [2.24, 2.45) is 0 Å². The summed E-state index contributed by atoms with van der Waals surface area (Å²) in [6, 6.07) is 14.5. The highest BCUT2D eigenvalue weighted by atomic mass is 32.1. The molecule has 1 aliphatic rings. The second kappa shape index (κ2) is 7.64. The van der Waals surface area contributed by atoms with E-state index >= 15 is 0 Å². The summed E-state index contributed by atoms with van der Waals surface area (Å²) in [5, 5.41) is 7.23. The fourth-order valence-electron chi connectivity index (χ4n) is 2.89. The Kier molecular flexibility index (Phi) is 5.33. The molecule has 24 heavy (non-hydrogen) atoms. The summed E-state index contributed by atoms with van der Waals surface area (Å²) in [5.74, 6) is 0. The Labute approximate surface area is 148 Å². The zero-order valence-corrected chi connectivity index (χ0v) is 15.0. The van der Waals surface area contributed by atoms with Crippen molar-refractivity contribution < 1.29 is 4.74 Å². The Morgan fingerprint density at radius 1 is 1.00 bits per heavy atom. The monoisotopic (exact) mass is 341 g/mol. The van der Waals surface area contributed by atoms with Gasteiger partial charge in [-0.15, -0.1) is 0 Å². The third-order valence-corrected chi connectivity index (χ3v) is 4.34. The first-order valence-corrected chi connectivity index (χ1v) is 8.61. The van der Waals surface area contributed by atoms with Gasteiger partial charge in [-0.2, -0.15) is 0 Å². The number of thiocarbonyl (C=S) groups is 1. The van der Waals surface area contributed by atoms with Gasteiger partial charge in [0.1, 0.15) is 0 Å². The van der Waals surface area contributed by atoms with Crippen molar-refractivity contribution >= 4 is 34.4 Å². The largest absolute Gasteiger partial charge is 0.378 e. The maximum absolute atomic E-state index is 5.51. The summed E-state index contributed by atoms with van der Waals surface area (Å²) in [6.45, 7) is 7.50. The molecule has 0 bridgehead atoms. The van der Waals surface area contributed by atoms with Crippen LogP contribution in [0.1, 0.15) is 11.1 Å². The molecule has 2 aromatic rings. The van der Waals surface area contributed by atoms with Gasteiger partial charge in [0.2, 0.25) is 0 Å². The minimum atomic E-state index is 0.600. The number of aryl methyl sites for hydroxylation is 2.